The maximum atomic E-state index is 13.1. The first-order valence-corrected chi connectivity index (χ1v) is 12.1. The number of nitrogens with zero attached hydrogens (tertiary/aromatic N) is 1. The Morgan fingerprint density at radius 2 is 1.80 bits per heavy atom. The van der Waals surface area contributed by atoms with E-state index in [4.69, 9.17) is 9.47 Å². The Hall–Kier alpha value is -3.78. The Kier molecular flexibility index (Phi) is 7.41. The van der Waals surface area contributed by atoms with Crippen LogP contribution in [0.3, 0.4) is 0 Å². The molecule has 0 spiro atoms. The van der Waals surface area contributed by atoms with Crippen molar-refractivity contribution in [3.63, 3.8) is 0 Å². The summed E-state index contributed by atoms with van der Waals surface area (Å²) in [5.41, 5.74) is 1.27. The van der Waals surface area contributed by atoms with Gasteiger partial charge in [-0.2, -0.15) is 0 Å². The van der Waals surface area contributed by atoms with Crippen LogP contribution in [-0.2, 0) is 9.59 Å². The molecule has 1 aliphatic rings. The number of amides is 3. The molecule has 0 bridgehead atoms. The number of hydrogen-bond donors (Lipinski definition) is 1. The molecule has 0 atom stereocenters. The third-order valence-electron chi connectivity index (χ3n) is 5.19. The van der Waals surface area contributed by atoms with E-state index >= 15 is 0 Å². The highest BCUT2D eigenvalue weighted by Crippen LogP contribution is 2.37. The van der Waals surface area contributed by atoms with Gasteiger partial charge in [0.1, 0.15) is 18.0 Å². The van der Waals surface area contributed by atoms with Gasteiger partial charge in [0, 0.05) is 11.3 Å². The van der Waals surface area contributed by atoms with E-state index in [0.717, 1.165) is 33.0 Å². The standard InChI is InChI=1S/C27H26N2O5S/c1-4-33-20-12-10-19(11-13-20)28-25(30)16-29-26(31)24(35-27(29)32)15-22-21-8-6-5-7-18(21)9-14-23(22)34-17(2)3/h5-15,17H,4,16H2,1-3H3,(H,28,30)/b24-15-. The minimum Gasteiger partial charge on any atom is -0.494 e. The van der Waals surface area contributed by atoms with E-state index in [1.54, 1.807) is 30.3 Å². The zero-order chi connectivity index (χ0) is 24.9. The SMILES string of the molecule is CCOc1ccc(NC(=O)CN2C(=O)S/C(=C\c3c(OC(C)C)ccc4ccccc34)C2=O)cc1. The first-order chi connectivity index (χ1) is 16.9. The van der Waals surface area contributed by atoms with Crippen LogP contribution in [0.5, 0.6) is 11.5 Å². The lowest BCUT2D eigenvalue weighted by molar-refractivity contribution is -0.127. The molecule has 3 aromatic carbocycles. The summed E-state index contributed by atoms with van der Waals surface area (Å²) in [5.74, 6) is 0.339. The van der Waals surface area contributed by atoms with E-state index in [9.17, 15) is 14.4 Å². The number of anilines is 1. The highest BCUT2D eigenvalue weighted by Gasteiger charge is 2.36. The summed E-state index contributed by atoms with van der Waals surface area (Å²) in [7, 11) is 0. The second-order valence-corrected chi connectivity index (χ2v) is 9.13. The number of ether oxygens (including phenoxy) is 2. The second kappa shape index (κ2) is 10.7. The molecule has 35 heavy (non-hydrogen) atoms. The maximum absolute atomic E-state index is 13.1. The Bertz CT molecular complexity index is 1300. The van der Waals surface area contributed by atoms with Gasteiger partial charge in [-0.05, 0) is 79.7 Å². The van der Waals surface area contributed by atoms with Crippen LogP contribution in [0.25, 0.3) is 16.8 Å². The van der Waals surface area contributed by atoms with Crippen LogP contribution < -0.4 is 14.8 Å². The minimum atomic E-state index is -0.509. The van der Waals surface area contributed by atoms with Crippen LogP contribution in [0, 0.1) is 0 Å². The molecule has 3 amide bonds. The van der Waals surface area contributed by atoms with Gasteiger partial charge in [-0.25, -0.2) is 0 Å². The van der Waals surface area contributed by atoms with Crippen LogP contribution in [0.15, 0.2) is 65.6 Å². The van der Waals surface area contributed by atoms with Gasteiger partial charge in [0.2, 0.25) is 5.91 Å². The number of thioether (sulfide) groups is 1. The van der Waals surface area contributed by atoms with Gasteiger partial charge in [0.25, 0.3) is 11.1 Å². The lowest BCUT2D eigenvalue weighted by atomic mass is 10.0. The van der Waals surface area contributed by atoms with Crippen LogP contribution in [-0.4, -0.2) is 41.2 Å². The van der Waals surface area contributed by atoms with Gasteiger partial charge in [-0.3, -0.25) is 19.3 Å². The van der Waals surface area contributed by atoms with Crippen molar-refractivity contribution in [1.82, 2.24) is 4.90 Å². The van der Waals surface area contributed by atoms with E-state index in [0.29, 0.717) is 23.8 Å². The lowest BCUT2D eigenvalue weighted by Gasteiger charge is -2.15. The molecule has 1 saturated heterocycles. The fourth-order valence-electron chi connectivity index (χ4n) is 3.69. The fourth-order valence-corrected chi connectivity index (χ4v) is 4.51. The molecule has 0 aromatic heterocycles. The van der Waals surface area contributed by atoms with Gasteiger partial charge in [0.15, 0.2) is 0 Å². The molecule has 3 aromatic rings. The van der Waals surface area contributed by atoms with Crippen molar-refractivity contribution >= 4 is 51.4 Å². The highest BCUT2D eigenvalue weighted by molar-refractivity contribution is 8.18. The van der Waals surface area contributed by atoms with E-state index in [-0.39, 0.29) is 17.6 Å². The summed E-state index contributed by atoms with van der Waals surface area (Å²) >= 11 is 0.815. The molecule has 0 saturated carbocycles. The number of rotatable bonds is 8. The summed E-state index contributed by atoms with van der Waals surface area (Å²) in [4.78, 5) is 39.4. The first-order valence-electron chi connectivity index (χ1n) is 11.3. The molecule has 180 valence electrons. The molecule has 0 aliphatic carbocycles. The number of carbonyl (C=O) groups is 3. The van der Waals surface area contributed by atoms with E-state index in [2.05, 4.69) is 5.32 Å². The second-order valence-electron chi connectivity index (χ2n) is 8.14. The van der Waals surface area contributed by atoms with Crippen molar-refractivity contribution in [2.45, 2.75) is 26.9 Å². The normalized spacial score (nSPS) is 14.7. The Labute approximate surface area is 208 Å². The summed E-state index contributed by atoms with van der Waals surface area (Å²) in [6.45, 7) is 5.91. The van der Waals surface area contributed by atoms with Gasteiger partial charge in [0.05, 0.1) is 17.6 Å². The molecule has 0 radical (unpaired) electrons. The van der Waals surface area contributed by atoms with Crippen molar-refractivity contribution in [3.8, 4) is 11.5 Å². The summed E-state index contributed by atoms with van der Waals surface area (Å²) in [6, 6.07) is 18.5. The summed E-state index contributed by atoms with van der Waals surface area (Å²) in [6.07, 6.45) is 1.61. The molecule has 1 heterocycles. The molecular weight excluding hydrogens is 464 g/mol. The van der Waals surface area contributed by atoms with Crippen molar-refractivity contribution in [2.24, 2.45) is 0 Å². The van der Waals surface area contributed by atoms with Crippen LogP contribution in [0.4, 0.5) is 10.5 Å². The monoisotopic (exact) mass is 490 g/mol. The quantitative estimate of drug-likeness (QED) is 0.408. The van der Waals surface area contributed by atoms with E-state index in [1.165, 1.54) is 0 Å². The number of benzene rings is 3. The van der Waals surface area contributed by atoms with Crippen LogP contribution in [0.2, 0.25) is 0 Å². The van der Waals surface area contributed by atoms with Crippen molar-refractivity contribution < 1.29 is 23.9 Å². The number of hydrogen-bond acceptors (Lipinski definition) is 6. The maximum Gasteiger partial charge on any atom is 0.294 e. The average molecular weight is 491 g/mol. The predicted molar refractivity (Wildman–Crippen MR) is 139 cm³/mol. The first kappa shape index (κ1) is 24.3. The van der Waals surface area contributed by atoms with Gasteiger partial charge in [-0.15, -0.1) is 0 Å². The average Bonchev–Trinajstić information content (AvgIpc) is 3.09. The molecular formula is C27H26N2O5S. The third kappa shape index (κ3) is 5.66. The summed E-state index contributed by atoms with van der Waals surface area (Å²) < 4.78 is 11.4. The molecule has 0 unspecified atom stereocenters. The molecule has 8 heteroatoms. The zero-order valence-electron chi connectivity index (χ0n) is 19.7. The van der Waals surface area contributed by atoms with Gasteiger partial charge >= 0.3 is 0 Å². The van der Waals surface area contributed by atoms with Crippen molar-refractivity contribution in [3.05, 3.63) is 71.1 Å². The molecule has 7 nitrogen and oxygen atoms in total. The van der Waals surface area contributed by atoms with Crippen LogP contribution in [0.1, 0.15) is 26.3 Å². The minimum absolute atomic E-state index is 0.0651. The van der Waals surface area contributed by atoms with E-state index < -0.39 is 17.1 Å². The molecule has 1 fully saturated rings. The van der Waals surface area contributed by atoms with Crippen LogP contribution >= 0.6 is 11.8 Å². The zero-order valence-corrected chi connectivity index (χ0v) is 20.6. The fraction of sp³-hybridized carbons (Fsp3) is 0.222. The van der Waals surface area contributed by atoms with Crippen molar-refractivity contribution in [1.29, 1.82) is 0 Å². The Morgan fingerprint density at radius 3 is 2.51 bits per heavy atom. The number of carbonyl (C=O) groups excluding carboxylic acids is 3. The Morgan fingerprint density at radius 1 is 1.06 bits per heavy atom. The number of fused-ring (bicyclic) bond motifs is 1. The Balaban J connectivity index is 1.54. The smallest absolute Gasteiger partial charge is 0.294 e. The van der Waals surface area contributed by atoms with Crippen molar-refractivity contribution in [2.75, 3.05) is 18.5 Å². The largest absolute Gasteiger partial charge is 0.494 e. The number of imide groups is 1. The molecule has 4 rings (SSSR count). The lowest BCUT2D eigenvalue weighted by Crippen LogP contribution is -2.36. The van der Waals surface area contributed by atoms with Gasteiger partial charge in [-0.1, -0.05) is 30.3 Å². The molecule has 1 aliphatic heterocycles. The highest BCUT2D eigenvalue weighted by atomic mass is 32.2. The predicted octanol–water partition coefficient (Wildman–Crippen LogP) is 5.70. The topological polar surface area (TPSA) is 84.9 Å². The molecule has 1 N–H and O–H groups in total. The van der Waals surface area contributed by atoms with Gasteiger partial charge < -0.3 is 14.8 Å². The third-order valence-corrected chi connectivity index (χ3v) is 6.10. The van der Waals surface area contributed by atoms with E-state index in [1.807, 2.05) is 57.2 Å². The number of nitrogens with one attached hydrogen (secondary N) is 1. The summed E-state index contributed by atoms with van der Waals surface area (Å²) in [5, 5.41) is 4.12.